The smallest absolute Gasteiger partial charge is 0.387 e. The monoisotopic (exact) mass is 405 g/mol. The number of nitrogens with zero attached hydrogens (tertiary/aromatic N) is 1. The molecule has 0 radical (unpaired) electrons. The number of carbonyl (C=O) groups excluding carboxylic acids is 1. The fourth-order valence-corrected chi connectivity index (χ4v) is 2.94. The van der Waals surface area contributed by atoms with E-state index in [0.717, 1.165) is 12.8 Å². The molecule has 7 heteroatoms. The van der Waals surface area contributed by atoms with Crippen molar-refractivity contribution in [1.82, 2.24) is 4.90 Å². The molecule has 1 aliphatic rings. The first-order valence-corrected chi connectivity index (χ1v) is 9.41. The molecular formula is C22H22F3NO3. The molecule has 0 saturated heterocycles. The number of carbonyl (C=O) groups is 1. The van der Waals surface area contributed by atoms with Crippen molar-refractivity contribution < 1.29 is 27.4 Å². The number of hydrogen-bond donors (Lipinski definition) is 0. The Labute approximate surface area is 167 Å². The summed E-state index contributed by atoms with van der Waals surface area (Å²) >= 11 is 0. The second-order valence-corrected chi connectivity index (χ2v) is 6.64. The van der Waals surface area contributed by atoms with E-state index in [2.05, 4.69) is 4.74 Å². The molecule has 0 heterocycles. The molecule has 1 saturated carbocycles. The highest BCUT2D eigenvalue weighted by Crippen LogP contribution is 2.31. The van der Waals surface area contributed by atoms with Gasteiger partial charge >= 0.3 is 6.61 Å². The number of alkyl halides is 2. The second-order valence-electron chi connectivity index (χ2n) is 6.64. The van der Waals surface area contributed by atoms with Gasteiger partial charge in [-0.15, -0.1) is 0 Å². The van der Waals surface area contributed by atoms with E-state index in [0.29, 0.717) is 11.1 Å². The van der Waals surface area contributed by atoms with Crippen LogP contribution in [0.3, 0.4) is 0 Å². The fourth-order valence-electron chi connectivity index (χ4n) is 2.94. The van der Waals surface area contributed by atoms with Crippen molar-refractivity contribution in [2.45, 2.75) is 39.0 Å². The molecule has 1 amide bonds. The zero-order valence-electron chi connectivity index (χ0n) is 16.0. The van der Waals surface area contributed by atoms with E-state index in [9.17, 15) is 18.0 Å². The van der Waals surface area contributed by atoms with Gasteiger partial charge in [0.1, 0.15) is 5.82 Å². The van der Waals surface area contributed by atoms with Crippen LogP contribution in [0.4, 0.5) is 13.2 Å². The molecule has 29 heavy (non-hydrogen) atoms. The first-order chi connectivity index (χ1) is 14.0. The van der Waals surface area contributed by atoms with Crippen molar-refractivity contribution in [2.75, 3.05) is 6.61 Å². The largest absolute Gasteiger partial charge is 0.490 e. The highest BCUT2D eigenvalue weighted by Gasteiger charge is 2.32. The fraction of sp³-hybridized carbons (Fsp3) is 0.318. The van der Waals surface area contributed by atoms with E-state index < -0.39 is 6.61 Å². The van der Waals surface area contributed by atoms with Gasteiger partial charge < -0.3 is 14.4 Å². The molecule has 0 N–H and O–H groups in total. The average molecular weight is 405 g/mol. The molecule has 0 aliphatic heterocycles. The average Bonchev–Trinajstić information content (AvgIpc) is 3.52. The number of amides is 1. The van der Waals surface area contributed by atoms with E-state index >= 15 is 0 Å². The minimum atomic E-state index is -2.96. The minimum Gasteiger partial charge on any atom is -0.490 e. The molecule has 0 unspecified atom stereocenters. The molecule has 2 aromatic carbocycles. The number of halogens is 3. The van der Waals surface area contributed by atoms with E-state index in [-0.39, 0.29) is 42.4 Å². The normalized spacial score (nSPS) is 13.7. The number of ether oxygens (including phenoxy) is 2. The summed E-state index contributed by atoms with van der Waals surface area (Å²) in [6, 6.07) is 11.0. The maximum Gasteiger partial charge on any atom is 0.387 e. The van der Waals surface area contributed by atoms with Crippen LogP contribution in [0.1, 0.15) is 30.9 Å². The van der Waals surface area contributed by atoms with Crippen LogP contribution in [0.5, 0.6) is 11.5 Å². The van der Waals surface area contributed by atoms with Crippen LogP contribution in [-0.4, -0.2) is 30.1 Å². The van der Waals surface area contributed by atoms with Gasteiger partial charge in [0.25, 0.3) is 0 Å². The van der Waals surface area contributed by atoms with Crippen LogP contribution in [0.2, 0.25) is 0 Å². The van der Waals surface area contributed by atoms with E-state index in [1.165, 1.54) is 24.3 Å². The number of rotatable bonds is 9. The van der Waals surface area contributed by atoms with Gasteiger partial charge in [0, 0.05) is 24.2 Å². The van der Waals surface area contributed by atoms with Crippen LogP contribution >= 0.6 is 0 Å². The molecule has 154 valence electrons. The summed E-state index contributed by atoms with van der Waals surface area (Å²) in [7, 11) is 0. The lowest BCUT2D eigenvalue weighted by atomic mass is 10.1. The third-order valence-electron chi connectivity index (χ3n) is 4.47. The maximum absolute atomic E-state index is 14.0. The highest BCUT2D eigenvalue weighted by molar-refractivity contribution is 5.92. The van der Waals surface area contributed by atoms with Gasteiger partial charge in [0.2, 0.25) is 5.91 Å². The van der Waals surface area contributed by atoms with Gasteiger partial charge in [0.15, 0.2) is 11.5 Å². The summed E-state index contributed by atoms with van der Waals surface area (Å²) in [5.74, 6) is -0.468. The summed E-state index contributed by atoms with van der Waals surface area (Å²) in [5, 5.41) is 0. The van der Waals surface area contributed by atoms with Crippen molar-refractivity contribution in [2.24, 2.45) is 0 Å². The van der Waals surface area contributed by atoms with Gasteiger partial charge in [-0.1, -0.05) is 24.3 Å². The SMILES string of the molecule is CCOc1cc(/C=C/C(=O)N(Cc2ccccc2F)C2CC2)ccc1OC(F)F. The Morgan fingerprint density at radius 3 is 2.62 bits per heavy atom. The van der Waals surface area contributed by atoms with Gasteiger partial charge in [0.05, 0.1) is 6.61 Å². The van der Waals surface area contributed by atoms with Gasteiger partial charge in [-0.3, -0.25) is 4.79 Å². The first kappa shape index (κ1) is 20.8. The lowest BCUT2D eigenvalue weighted by Gasteiger charge is -2.21. The summed E-state index contributed by atoms with van der Waals surface area (Å²) in [5.41, 5.74) is 1.07. The Balaban J connectivity index is 1.74. The van der Waals surface area contributed by atoms with Gasteiger partial charge in [-0.25, -0.2) is 4.39 Å². The standard InChI is InChI=1S/C22H22F3NO3/c1-2-28-20-13-15(7-11-19(20)29-22(24)25)8-12-21(27)26(17-9-10-17)14-16-5-3-4-6-18(16)23/h3-8,11-13,17,22H,2,9-10,14H2,1H3/b12-8+. The molecule has 0 aromatic heterocycles. The second kappa shape index (κ2) is 9.49. The van der Waals surface area contributed by atoms with E-state index in [4.69, 9.17) is 4.74 Å². The van der Waals surface area contributed by atoms with Crippen molar-refractivity contribution in [3.63, 3.8) is 0 Å². The Bertz CT molecular complexity index is 881. The summed E-state index contributed by atoms with van der Waals surface area (Å²) in [6.07, 6.45) is 4.76. The molecule has 0 spiro atoms. The third-order valence-corrected chi connectivity index (χ3v) is 4.47. The predicted octanol–water partition coefficient (Wildman–Crippen LogP) is 5.03. The van der Waals surface area contributed by atoms with Crippen molar-refractivity contribution in [3.05, 3.63) is 65.5 Å². The van der Waals surface area contributed by atoms with E-state index in [1.807, 2.05) is 0 Å². The van der Waals surface area contributed by atoms with Crippen LogP contribution < -0.4 is 9.47 Å². The lowest BCUT2D eigenvalue weighted by molar-refractivity contribution is -0.127. The molecular weight excluding hydrogens is 383 g/mol. The maximum atomic E-state index is 14.0. The van der Waals surface area contributed by atoms with Crippen LogP contribution in [0, 0.1) is 5.82 Å². The van der Waals surface area contributed by atoms with Crippen molar-refractivity contribution >= 4 is 12.0 Å². The molecule has 2 aromatic rings. The molecule has 3 rings (SSSR count). The molecule has 4 nitrogen and oxygen atoms in total. The Morgan fingerprint density at radius 2 is 1.97 bits per heavy atom. The number of benzene rings is 2. The van der Waals surface area contributed by atoms with Crippen molar-refractivity contribution in [1.29, 1.82) is 0 Å². The van der Waals surface area contributed by atoms with Crippen LogP contribution in [-0.2, 0) is 11.3 Å². The predicted molar refractivity (Wildman–Crippen MR) is 103 cm³/mol. The van der Waals surface area contributed by atoms with Gasteiger partial charge in [-0.2, -0.15) is 8.78 Å². The molecule has 0 bridgehead atoms. The highest BCUT2D eigenvalue weighted by atomic mass is 19.3. The number of hydrogen-bond acceptors (Lipinski definition) is 3. The summed E-state index contributed by atoms with van der Waals surface area (Å²) < 4.78 is 48.8. The first-order valence-electron chi connectivity index (χ1n) is 9.41. The van der Waals surface area contributed by atoms with Crippen molar-refractivity contribution in [3.8, 4) is 11.5 Å². The molecule has 1 aliphatic carbocycles. The molecule has 1 fully saturated rings. The molecule has 0 atom stereocenters. The van der Waals surface area contributed by atoms with E-state index in [1.54, 1.807) is 42.2 Å². The summed E-state index contributed by atoms with van der Waals surface area (Å²) in [4.78, 5) is 14.3. The zero-order valence-corrected chi connectivity index (χ0v) is 16.0. The quantitative estimate of drug-likeness (QED) is 0.550. The van der Waals surface area contributed by atoms with Crippen LogP contribution in [0.15, 0.2) is 48.5 Å². The van der Waals surface area contributed by atoms with Gasteiger partial charge in [-0.05, 0) is 49.6 Å². The third kappa shape index (κ3) is 5.76. The Morgan fingerprint density at radius 1 is 1.21 bits per heavy atom. The topological polar surface area (TPSA) is 38.8 Å². The lowest BCUT2D eigenvalue weighted by Crippen LogP contribution is -2.31. The minimum absolute atomic E-state index is 0.0653. The van der Waals surface area contributed by atoms with Crippen LogP contribution in [0.25, 0.3) is 6.08 Å². The Hall–Kier alpha value is -2.96. The Kier molecular flexibility index (Phi) is 6.80. The zero-order chi connectivity index (χ0) is 20.8. The summed E-state index contributed by atoms with van der Waals surface area (Å²) in [6.45, 7) is -0.743.